The van der Waals surface area contributed by atoms with Crippen molar-refractivity contribution in [3.05, 3.63) is 48.2 Å². The molecular weight excluding hydrogens is 280 g/mol. The lowest BCUT2D eigenvalue weighted by atomic mass is 10.0. The SMILES string of the molecule is N#Cc1n[nH]nc1-c1cccc(-c2ccc3c(c2)OCO3)c1. The van der Waals surface area contributed by atoms with Crippen molar-refractivity contribution in [1.29, 1.82) is 5.26 Å². The van der Waals surface area contributed by atoms with E-state index in [0.29, 0.717) is 5.69 Å². The molecule has 6 nitrogen and oxygen atoms in total. The van der Waals surface area contributed by atoms with E-state index >= 15 is 0 Å². The number of aromatic amines is 1. The van der Waals surface area contributed by atoms with Gasteiger partial charge in [0.1, 0.15) is 11.8 Å². The van der Waals surface area contributed by atoms with Crippen molar-refractivity contribution < 1.29 is 9.47 Å². The molecule has 0 saturated heterocycles. The summed E-state index contributed by atoms with van der Waals surface area (Å²) < 4.78 is 10.7. The fourth-order valence-electron chi connectivity index (χ4n) is 2.43. The van der Waals surface area contributed by atoms with Crippen molar-refractivity contribution in [3.8, 4) is 40.0 Å². The molecule has 1 aromatic heterocycles. The minimum atomic E-state index is 0.253. The molecular formula is C16H10N4O2. The van der Waals surface area contributed by atoms with Crippen LogP contribution in [0.4, 0.5) is 0 Å². The zero-order valence-corrected chi connectivity index (χ0v) is 11.4. The second kappa shape index (κ2) is 4.90. The number of nitriles is 1. The number of hydrogen-bond acceptors (Lipinski definition) is 5. The van der Waals surface area contributed by atoms with Crippen molar-refractivity contribution in [2.45, 2.75) is 0 Å². The molecule has 1 aliphatic heterocycles. The van der Waals surface area contributed by atoms with Gasteiger partial charge in [-0.05, 0) is 29.3 Å². The summed E-state index contributed by atoms with van der Waals surface area (Å²) in [5, 5.41) is 19.4. The number of hydrogen-bond donors (Lipinski definition) is 1. The summed E-state index contributed by atoms with van der Waals surface area (Å²) in [5.41, 5.74) is 3.67. The zero-order valence-electron chi connectivity index (χ0n) is 11.4. The standard InChI is InChI=1S/C16H10N4O2/c17-8-13-16(19-20-18-13)12-3-1-2-10(6-12)11-4-5-14-15(7-11)22-9-21-14/h1-7H,9H2,(H,18,19,20). The molecule has 106 valence electrons. The number of nitrogens with one attached hydrogen (secondary N) is 1. The van der Waals surface area contributed by atoms with E-state index in [1.165, 1.54) is 0 Å². The van der Waals surface area contributed by atoms with Crippen molar-refractivity contribution in [2.24, 2.45) is 0 Å². The van der Waals surface area contributed by atoms with E-state index in [0.717, 1.165) is 28.2 Å². The second-order valence-corrected chi connectivity index (χ2v) is 4.78. The highest BCUT2D eigenvalue weighted by atomic mass is 16.7. The van der Waals surface area contributed by atoms with Gasteiger partial charge in [0.15, 0.2) is 17.2 Å². The van der Waals surface area contributed by atoms with E-state index in [9.17, 15) is 0 Å². The monoisotopic (exact) mass is 290 g/mol. The first-order chi connectivity index (χ1) is 10.8. The maximum absolute atomic E-state index is 9.06. The van der Waals surface area contributed by atoms with Crippen LogP contribution < -0.4 is 9.47 Å². The molecule has 6 heteroatoms. The predicted octanol–water partition coefficient (Wildman–Crippen LogP) is 2.74. The van der Waals surface area contributed by atoms with E-state index in [-0.39, 0.29) is 12.5 Å². The summed E-state index contributed by atoms with van der Waals surface area (Å²) >= 11 is 0. The van der Waals surface area contributed by atoms with Crippen molar-refractivity contribution in [1.82, 2.24) is 15.4 Å². The molecule has 0 spiro atoms. The van der Waals surface area contributed by atoms with E-state index in [2.05, 4.69) is 15.4 Å². The highest BCUT2D eigenvalue weighted by Crippen LogP contribution is 2.36. The molecule has 0 radical (unpaired) electrons. The maximum Gasteiger partial charge on any atom is 0.231 e. The van der Waals surface area contributed by atoms with Crippen LogP contribution in [0.2, 0.25) is 0 Å². The molecule has 3 aromatic rings. The Hall–Kier alpha value is -3.33. The van der Waals surface area contributed by atoms with Crippen LogP contribution in [0.5, 0.6) is 11.5 Å². The number of nitrogens with zero attached hydrogens (tertiary/aromatic N) is 3. The average molecular weight is 290 g/mol. The summed E-state index contributed by atoms with van der Waals surface area (Å²) in [4.78, 5) is 0. The van der Waals surface area contributed by atoms with E-state index in [1.54, 1.807) is 0 Å². The van der Waals surface area contributed by atoms with Gasteiger partial charge in [-0.15, -0.1) is 5.10 Å². The molecule has 0 amide bonds. The molecule has 2 aromatic carbocycles. The highest BCUT2D eigenvalue weighted by molar-refractivity contribution is 5.74. The van der Waals surface area contributed by atoms with Crippen LogP contribution in [0.25, 0.3) is 22.4 Å². The molecule has 22 heavy (non-hydrogen) atoms. The first kappa shape index (κ1) is 12.4. The molecule has 4 rings (SSSR count). The molecule has 0 saturated carbocycles. The van der Waals surface area contributed by atoms with Gasteiger partial charge < -0.3 is 9.47 Å². The van der Waals surface area contributed by atoms with Gasteiger partial charge in [0.25, 0.3) is 0 Å². The molecule has 1 aliphatic rings. The topological polar surface area (TPSA) is 83.8 Å². The van der Waals surface area contributed by atoms with Crippen LogP contribution in [-0.4, -0.2) is 22.2 Å². The molecule has 2 heterocycles. The summed E-state index contributed by atoms with van der Waals surface area (Å²) in [7, 11) is 0. The fraction of sp³-hybridized carbons (Fsp3) is 0.0625. The summed E-state index contributed by atoms with van der Waals surface area (Å²) in [6.07, 6.45) is 0. The second-order valence-electron chi connectivity index (χ2n) is 4.78. The van der Waals surface area contributed by atoms with E-state index < -0.39 is 0 Å². The number of rotatable bonds is 2. The van der Waals surface area contributed by atoms with Gasteiger partial charge in [-0.3, -0.25) is 0 Å². The Balaban J connectivity index is 1.78. The van der Waals surface area contributed by atoms with Gasteiger partial charge >= 0.3 is 0 Å². The van der Waals surface area contributed by atoms with Crippen LogP contribution in [0.1, 0.15) is 5.69 Å². The Morgan fingerprint density at radius 3 is 2.68 bits per heavy atom. The third kappa shape index (κ3) is 1.96. The minimum Gasteiger partial charge on any atom is -0.454 e. The van der Waals surface area contributed by atoms with Crippen molar-refractivity contribution in [2.75, 3.05) is 6.79 Å². The highest BCUT2D eigenvalue weighted by Gasteiger charge is 2.15. The van der Waals surface area contributed by atoms with Crippen LogP contribution in [0.15, 0.2) is 42.5 Å². The Labute approximate surface area is 125 Å². The lowest BCUT2D eigenvalue weighted by molar-refractivity contribution is 0.174. The van der Waals surface area contributed by atoms with Gasteiger partial charge in [0.05, 0.1) is 0 Å². The van der Waals surface area contributed by atoms with Gasteiger partial charge in [-0.2, -0.15) is 15.6 Å². The quantitative estimate of drug-likeness (QED) is 0.784. The Morgan fingerprint density at radius 2 is 1.77 bits per heavy atom. The molecule has 0 bridgehead atoms. The van der Waals surface area contributed by atoms with E-state index in [4.69, 9.17) is 14.7 Å². The third-order valence-corrected chi connectivity index (χ3v) is 3.50. The Morgan fingerprint density at radius 1 is 0.955 bits per heavy atom. The Bertz CT molecular complexity index is 895. The molecule has 0 unspecified atom stereocenters. The number of benzene rings is 2. The summed E-state index contributed by atoms with van der Waals surface area (Å²) in [6, 6.07) is 15.6. The Kier molecular flexibility index (Phi) is 2.76. The van der Waals surface area contributed by atoms with E-state index in [1.807, 2.05) is 48.5 Å². The first-order valence-corrected chi connectivity index (χ1v) is 6.66. The molecule has 0 aliphatic carbocycles. The fourth-order valence-corrected chi connectivity index (χ4v) is 2.43. The predicted molar refractivity (Wildman–Crippen MR) is 78.1 cm³/mol. The molecule has 0 atom stereocenters. The van der Waals surface area contributed by atoms with Gasteiger partial charge in [-0.25, -0.2) is 0 Å². The summed E-state index contributed by atoms with van der Waals surface area (Å²) in [5.74, 6) is 1.49. The van der Waals surface area contributed by atoms with Crippen molar-refractivity contribution >= 4 is 0 Å². The minimum absolute atomic E-state index is 0.253. The lowest BCUT2D eigenvalue weighted by Gasteiger charge is -2.05. The number of aromatic nitrogens is 3. The number of fused-ring (bicyclic) bond motifs is 1. The van der Waals surface area contributed by atoms with Crippen LogP contribution in [0.3, 0.4) is 0 Å². The smallest absolute Gasteiger partial charge is 0.231 e. The van der Waals surface area contributed by atoms with Crippen LogP contribution >= 0.6 is 0 Å². The maximum atomic E-state index is 9.06. The number of H-pyrrole nitrogens is 1. The molecule has 0 fully saturated rings. The van der Waals surface area contributed by atoms with Crippen molar-refractivity contribution in [3.63, 3.8) is 0 Å². The van der Waals surface area contributed by atoms with Crippen LogP contribution in [-0.2, 0) is 0 Å². The third-order valence-electron chi connectivity index (χ3n) is 3.50. The molecule has 1 N–H and O–H groups in total. The van der Waals surface area contributed by atoms with Crippen LogP contribution in [0, 0.1) is 11.3 Å². The van der Waals surface area contributed by atoms with Gasteiger partial charge in [0, 0.05) is 5.56 Å². The average Bonchev–Trinajstić information content (AvgIpc) is 3.23. The zero-order chi connectivity index (χ0) is 14.9. The lowest BCUT2D eigenvalue weighted by Crippen LogP contribution is -1.92. The number of ether oxygens (including phenoxy) is 2. The largest absolute Gasteiger partial charge is 0.454 e. The first-order valence-electron chi connectivity index (χ1n) is 6.66. The summed E-state index contributed by atoms with van der Waals surface area (Å²) in [6.45, 7) is 0.253. The van der Waals surface area contributed by atoms with Gasteiger partial charge in [0.2, 0.25) is 6.79 Å². The van der Waals surface area contributed by atoms with Gasteiger partial charge in [-0.1, -0.05) is 24.3 Å². The normalized spacial score (nSPS) is 12.1.